The van der Waals surface area contributed by atoms with Gasteiger partial charge in [0.1, 0.15) is 24.1 Å². The van der Waals surface area contributed by atoms with Crippen LogP contribution in [-0.2, 0) is 14.4 Å². The normalized spacial score (nSPS) is 17.0. The van der Waals surface area contributed by atoms with Crippen LogP contribution in [0.3, 0.4) is 0 Å². The predicted molar refractivity (Wildman–Crippen MR) is 131 cm³/mol. The molecule has 0 N–H and O–H groups in total. The van der Waals surface area contributed by atoms with E-state index in [2.05, 4.69) is 33.9 Å². The van der Waals surface area contributed by atoms with Crippen LogP contribution in [0, 0.1) is 13.8 Å². The standard InChI is InChI=1S/C24H35NO5SSi/c1-17-13-20(28-6)14-18(2)23(17)31(26,27)25-19(16-30-32(7,8)24(3,4)5)15-29-22-12-10-9-11-21(22)25/h9-14,19H,15-16H2,1-8H3. The number of ether oxygens (including phenoxy) is 2. The predicted octanol–water partition coefficient (Wildman–Crippen LogP) is 5.29. The van der Waals surface area contributed by atoms with Crippen LogP contribution in [-0.4, -0.2) is 43.1 Å². The van der Waals surface area contributed by atoms with Crippen molar-refractivity contribution < 1.29 is 22.3 Å². The molecule has 1 atom stereocenters. The van der Waals surface area contributed by atoms with E-state index in [1.54, 1.807) is 45.2 Å². The largest absolute Gasteiger partial charge is 0.497 e. The topological polar surface area (TPSA) is 65.1 Å². The fourth-order valence-electron chi connectivity index (χ4n) is 3.71. The van der Waals surface area contributed by atoms with Crippen molar-refractivity contribution in [2.24, 2.45) is 0 Å². The van der Waals surface area contributed by atoms with Gasteiger partial charge in [0.2, 0.25) is 0 Å². The summed E-state index contributed by atoms with van der Waals surface area (Å²) in [7, 11) is -4.38. The maximum atomic E-state index is 14.1. The smallest absolute Gasteiger partial charge is 0.265 e. The lowest BCUT2D eigenvalue weighted by atomic mass is 10.1. The molecule has 1 aliphatic rings. The Balaban J connectivity index is 2.08. The molecule has 0 spiro atoms. The van der Waals surface area contributed by atoms with Crippen molar-refractivity contribution in [3.05, 3.63) is 47.5 Å². The molecular formula is C24H35NO5SSi. The van der Waals surface area contributed by atoms with Crippen LogP contribution in [0.15, 0.2) is 41.3 Å². The summed E-state index contributed by atoms with van der Waals surface area (Å²) in [5.41, 5.74) is 1.84. The van der Waals surface area contributed by atoms with Gasteiger partial charge in [0.25, 0.3) is 10.0 Å². The van der Waals surface area contributed by atoms with E-state index < -0.39 is 24.4 Å². The minimum Gasteiger partial charge on any atom is -0.497 e. The molecule has 6 nitrogen and oxygen atoms in total. The highest BCUT2D eigenvalue weighted by atomic mass is 32.2. The molecule has 8 heteroatoms. The molecule has 0 fully saturated rings. The van der Waals surface area contributed by atoms with Crippen molar-refractivity contribution >= 4 is 24.0 Å². The van der Waals surface area contributed by atoms with Gasteiger partial charge < -0.3 is 13.9 Å². The van der Waals surface area contributed by atoms with Gasteiger partial charge in [-0.1, -0.05) is 32.9 Å². The van der Waals surface area contributed by atoms with E-state index in [0.717, 1.165) is 0 Å². The van der Waals surface area contributed by atoms with E-state index in [1.165, 1.54) is 4.31 Å². The Morgan fingerprint density at radius 2 is 1.72 bits per heavy atom. The lowest BCUT2D eigenvalue weighted by Gasteiger charge is -2.41. The van der Waals surface area contributed by atoms with Gasteiger partial charge in [0.05, 0.1) is 24.3 Å². The van der Waals surface area contributed by atoms with Crippen molar-refractivity contribution in [3.8, 4) is 11.5 Å². The fourth-order valence-corrected chi connectivity index (χ4v) is 6.80. The summed E-state index contributed by atoms with van der Waals surface area (Å²) in [6, 6.07) is 10.3. The van der Waals surface area contributed by atoms with E-state index in [4.69, 9.17) is 13.9 Å². The Bertz CT molecular complexity index is 1070. The lowest BCUT2D eigenvalue weighted by molar-refractivity contribution is 0.199. The molecule has 3 rings (SSSR count). The Morgan fingerprint density at radius 3 is 2.28 bits per heavy atom. The van der Waals surface area contributed by atoms with E-state index in [0.29, 0.717) is 33.2 Å². The zero-order valence-electron chi connectivity index (χ0n) is 20.4. The molecule has 1 aliphatic heterocycles. The first-order valence-corrected chi connectivity index (χ1v) is 15.2. The number of fused-ring (bicyclic) bond motifs is 1. The number of rotatable bonds is 6. The highest BCUT2D eigenvalue weighted by Crippen LogP contribution is 2.41. The number of sulfonamides is 1. The zero-order chi connectivity index (χ0) is 23.9. The number of hydrogen-bond donors (Lipinski definition) is 0. The van der Waals surface area contributed by atoms with Gasteiger partial charge in [-0.15, -0.1) is 0 Å². The number of nitrogens with zero attached hydrogens (tertiary/aromatic N) is 1. The van der Waals surface area contributed by atoms with Crippen LogP contribution in [0.1, 0.15) is 31.9 Å². The van der Waals surface area contributed by atoms with Crippen LogP contribution in [0.2, 0.25) is 18.1 Å². The van der Waals surface area contributed by atoms with Gasteiger partial charge in [-0.05, 0) is 67.4 Å². The average Bonchev–Trinajstić information content (AvgIpc) is 2.70. The first-order chi connectivity index (χ1) is 14.8. The molecular weight excluding hydrogens is 442 g/mol. The summed E-state index contributed by atoms with van der Waals surface area (Å²) in [5, 5.41) is 0.0211. The average molecular weight is 478 g/mol. The van der Waals surface area contributed by atoms with Crippen molar-refractivity contribution in [1.82, 2.24) is 0 Å². The lowest BCUT2D eigenvalue weighted by Crippen LogP contribution is -2.52. The molecule has 32 heavy (non-hydrogen) atoms. The van der Waals surface area contributed by atoms with Crippen molar-refractivity contribution in [1.29, 1.82) is 0 Å². The third kappa shape index (κ3) is 4.54. The fraction of sp³-hybridized carbons (Fsp3) is 0.500. The second kappa shape index (κ2) is 8.72. The Hall–Kier alpha value is -2.03. The van der Waals surface area contributed by atoms with E-state index in [9.17, 15) is 8.42 Å². The maximum Gasteiger partial charge on any atom is 0.265 e. The van der Waals surface area contributed by atoms with Gasteiger partial charge in [0.15, 0.2) is 8.32 Å². The highest BCUT2D eigenvalue weighted by Gasteiger charge is 2.42. The van der Waals surface area contributed by atoms with Crippen molar-refractivity contribution in [3.63, 3.8) is 0 Å². The Labute approximate surface area is 193 Å². The molecule has 1 heterocycles. The summed E-state index contributed by atoms with van der Waals surface area (Å²) in [6.07, 6.45) is 0. The molecule has 0 saturated heterocycles. The van der Waals surface area contributed by atoms with Gasteiger partial charge in [0, 0.05) is 0 Å². The highest BCUT2D eigenvalue weighted by molar-refractivity contribution is 7.93. The Morgan fingerprint density at radius 1 is 1.12 bits per heavy atom. The van der Waals surface area contributed by atoms with E-state index >= 15 is 0 Å². The Kier molecular flexibility index (Phi) is 6.71. The summed E-state index contributed by atoms with van der Waals surface area (Å²) in [4.78, 5) is 0.298. The quantitative estimate of drug-likeness (QED) is 0.529. The number of para-hydroxylation sites is 2. The van der Waals surface area contributed by atoms with Crippen molar-refractivity contribution in [2.75, 3.05) is 24.6 Å². The summed E-state index contributed by atoms with van der Waals surface area (Å²) in [5.74, 6) is 1.20. The number of methoxy groups -OCH3 is 1. The molecule has 0 amide bonds. The number of anilines is 1. The number of aryl methyl sites for hydroxylation is 2. The monoisotopic (exact) mass is 477 g/mol. The van der Waals surface area contributed by atoms with Gasteiger partial charge in [-0.2, -0.15) is 0 Å². The third-order valence-electron chi connectivity index (χ3n) is 6.49. The van der Waals surface area contributed by atoms with Gasteiger partial charge in [-0.3, -0.25) is 4.31 Å². The summed E-state index contributed by atoms with van der Waals surface area (Å²) >= 11 is 0. The summed E-state index contributed by atoms with van der Waals surface area (Å²) in [6.45, 7) is 15.0. The molecule has 0 saturated carbocycles. The first kappa shape index (κ1) is 24.6. The maximum absolute atomic E-state index is 14.1. The van der Waals surface area contributed by atoms with E-state index in [-0.39, 0.29) is 18.3 Å². The molecule has 0 aliphatic carbocycles. The summed E-state index contributed by atoms with van der Waals surface area (Å²) < 4.78 is 47.4. The minimum atomic E-state index is -3.88. The SMILES string of the molecule is COc1cc(C)c(S(=O)(=O)N2c3ccccc3OCC2CO[Si](C)(C)C(C)(C)C)c(C)c1. The molecule has 1 unspecified atom stereocenters. The van der Waals surface area contributed by atoms with Crippen LogP contribution >= 0.6 is 0 Å². The van der Waals surface area contributed by atoms with Crippen LogP contribution in [0.5, 0.6) is 11.5 Å². The zero-order valence-corrected chi connectivity index (χ0v) is 22.2. The molecule has 0 bridgehead atoms. The molecule has 176 valence electrons. The second-order valence-electron chi connectivity index (χ2n) is 9.90. The number of hydrogen-bond acceptors (Lipinski definition) is 5. The first-order valence-electron chi connectivity index (χ1n) is 10.8. The third-order valence-corrected chi connectivity index (χ3v) is 13.2. The van der Waals surface area contributed by atoms with Crippen LogP contribution < -0.4 is 13.8 Å². The van der Waals surface area contributed by atoms with Gasteiger partial charge >= 0.3 is 0 Å². The minimum absolute atomic E-state index is 0.0211. The van der Waals surface area contributed by atoms with Crippen LogP contribution in [0.4, 0.5) is 5.69 Å². The molecule has 2 aromatic carbocycles. The molecule has 0 aromatic heterocycles. The number of benzene rings is 2. The molecule has 0 radical (unpaired) electrons. The van der Waals surface area contributed by atoms with Crippen LogP contribution in [0.25, 0.3) is 0 Å². The van der Waals surface area contributed by atoms with Gasteiger partial charge in [-0.25, -0.2) is 8.42 Å². The van der Waals surface area contributed by atoms with Crippen molar-refractivity contribution in [2.45, 2.75) is 63.7 Å². The molecule has 2 aromatic rings. The second-order valence-corrected chi connectivity index (χ2v) is 16.5. The van der Waals surface area contributed by atoms with E-state index in [1.807, 2.05) is 12.1 Å².